The molecule has 8 nitrogen and oxygen atoms in total. The first-order chi connectivity index (χ1) is 15.0. The van der Waals surface area contributed by atoms with Crippen molar-refractivity contribution in [3.05, 3.63) is 46.8 Å². The van der Waals surface area contributed by atoms with Crippen molar-refractivity contribution in [3.8, 4) is 11.1 Å². The number of nitrogens with one attached hydrogen (secondary N) is 2. The molecule has 0 saturated heterocycles. The second-order valence-corrected chi connectivity index (χ2v) is 8.58. The van der Waals surface area contributed by atoms with Crippen LogP contribution >= 0.6 is 23.2 Å². The molecule has 31 heavy (non-hydrogen) atoms. The Bertz CT molecular complexity index is 1010. The number of anilines is 3. The number of hydrogen-bond donors (Lipinski definition) is 4. The lowest BCUT2D eigenvalue weighted by Gasteiger charge is -2.28. The highest BCUT2D eigenvalue weighted by Gasteiger charge is 2.21. The highest BCUT2D eigenvalue weighted by atomic mass is 35.5. The zero-order valence-corrected chi connectivity index (χ0v) is 18.4. The Morgan fingerprint density at radius 2 is 1.84 bits per heavy atom. The summed E-state index contributed by atoms with van der Waals surface area (Å²) in [6.07, 6.45) is 9.33. The Hall–Kier alpha value is -2.39. The van der Waals surface area contributed by atoms with Crippen LogP contribution in [-0.4, -0.2) is 43.5 Å². The molecule has 1 aromatic carbocycles. The van der Waals surface area contributed by atoms with Gasteiger partial charge in [-0.25, -0.2) is 4.98 Å². The van der Waals surface area contributed by atoms with Gasteiger partial charge in [-0.2, -0.15) is 10.1 Å². The summed E-state index contributed by atoms with van der Waals surface area (Å²) >= 11 is 12.2. The van der Waals surface area contributed by atoms with E-state index in [9.17, 15) is 5.11 Å². The molecule has 4 rings (SSSR count). The Kier molecular flexibility index (Phi) is 6.92. The molecule has 2 aromatic heterocycles. The van der Waals surface area contributed by atoms with Crippen LogP contribution in [0.15, 0.2) is 36.8 Å². The van der Waals surface area contributed by atoms with Gasteiger partial charge >= 0.3 is 0 Å². The molecule has 1 saturated carbocycles. The van der Waals surface area contributed by atoms with Gasteiger partial charge in [-0.05, 0) is 43.9 Å². The average Bonchev–Trinajstić information content (AvgIpc) is 3.18. The monoisotopic (exact) mass is 461 g/mol. The van der Waals surface area contributed by atoms with Crippen LogP contribution < -0.4 is 16.4 Å². The van der Waals surface area contributed by atoms with E-state index < -0.39 is 0 Å². The Morgan fingerprint density at radius 1 is 1.10 bits per heavy atom. The van der Waals surface area contributed by atoms with Crippen LogP contribution in [0.1, 0.15) is 25.7 Å². The highest BCUT2D eigenvalue weighted by Crippen LogP contribution is 2.31. The van der Waals surface area contributed by atoms with E-state index in [0.29, 0.717) is 28.2 Å². The van der Waals surface area contributed by atoms with Gasteiger partial charge in [0.05, 0.1) is 19.3 Å². The van der Waals surface area contributed by atoms with Crippen molar-refractivity contribution < 1.29 is 5.11 Å². The van der Waals surface area contributed by atoms with Crippen LogP contribution in [0, 0.1) is 0 Å². The lowest BCUT2D eigenvalue weighted by atomic mass is 9.91. The predicted molar refractivity (Wildman–Crippen MR) is 124 cm³/mol. The summed E-state index contributed by atoms with van der Waals surface area (Å²) in [4.78, 5) is 9.21. The second-order valence-electron chi connectivity index (χ2n) is 7.71. The van der Waals surface area contributed by atoms with Gasteiger partial charge in [-0.15, -0.1) is 0 Å². The molecule has 10 heteroatoms. The molecule has 1 aliphatic rings. The molecule has 0 radical (unpaired) electrons. The minimum absolute atomic E-state index is 0.0239. The summed E-state index contributed by atoms with van der Waals surface area (Å²) in [5.74, 6) is 1.15. The maximum atomic E-state index is 9.17. The molecule has 0 atom stereocenters. The summed E-state index contributed by atoms with van der Waals surface area (Å²) in [6, 6.07) is 5.75. The fourth-order valence-corrected chi connectivity index (χ4v) is 4.23. The number of nitrogens with two attached hydrogens (primary N) is 1. The molecular weight excluding hydrogens is 437 g/mol. The van der Waals surface area contributed by atoms with Crippen LogP contribution in [0.25, 0.3) is 11.1 Å². The summed E-state index contributed by atoms with van der Waals surface area (Å²) < 4.78 is 1.69. The van der Waals surface area contributed by atoms with E-state index in [-0.39, 0.29) is 18.7 Å². The molecule has 0 spiro atoms. The van der Waals surface area contributed by atoms with Gasteiger partial charge in [0.2, 0.25) is 5.95 Å². The van der Waals surface area contributed by atoms with Crippen molar-refractivity contribution in [2.24, 2.45) is 5.73 Å². The molecular formula is C21H25Cl2N7O. The van der Waals surface area contributed by atoms with Gasteiger partial charge in [0.1, 0.15) is 5.82 Å². The molecule has 0 bridgehead atoms. The van der Waals surface area contributed by atoms with E-state index in [0.717, 1.165) is 42.6 Å². The lowest BCUT2D eigenvalue weighted by Crippen LogP contribution is -2.33. The smallest absolute Gasteiger partial charge is 0.229 e. The summed E-state index contributed by atoms with van der Waals surface area (Å²) in [6.45, 7) is 0.454. The van der Waals surface area contributed by atoms with Crippen LogP contribution in [0.2, 0.25) is 10.0 Å². The van der Waals surface area contributed by atoms with Gasteiger partial charge in [-0.1, -0.05) is 23.2 Å². The SMILES string of the molecule is N[C@H]1CC[C@H](Nc2nc(Nc3cc(Cl)cc(Cl)c3)ncc2-c2cnn(CCO)c2)CC1. The van der Waals surface area contributed by atoms with Gasteiger partial charge in [0.25, 0.3) is 0 Å². The fourth-order valence-electron chi connectivity index (χ4n) is 3.70. The molecule has 3 aromatic rings. The minimum atomic E-state index is 0.0239. The topological polar surface area (TPSA) is 114 Å². The molecule has 5 N–H and O–H groups in total. The van der Waals surface area contributed by atoms with Crippen LogP contribution in [0.5, 0.6) is 0 Å². The van der Waals surface area contributed by atoms with E-state index in [1.807, 2.05) is 6.20 Å². The Labute approximate surface area is 190 Å². The van der Waals surface area contributed by atoms with Crippen molar-refractivity contribution in [2.45, 2.75) is 44.3 Å². The number of benzene rings is 1. The van der Waals surface area contributed by atoms with Crippen molar-refractivity contribution in [1.82, 2.24) is 19.7 Å². The van der Waals surface area contributed by atoms with E-state index >= 15 is 0 Å². The molecule has 2 heterocycles. The molecule has 0 amide bonds. The van der Waals surface area contributed by atoms with Crippen LogP contribution in [0.3, 0.4) is 0 Å². The van der Waals surface area contributed by atoms with Gasteiger partial charge < -0.3 is 21.5 Å². The average molecular weight is 462 g/mol. The third-order valence-corrected chi connectivity index (χ3v) is 5.73. The lowest BCUT2D eigenvalue weighted by molar-refractivity contribution is 0.269. The zero-order chi connectivity index (χ0) is 21.8. The molecule has 0 aliphatic heterocycles. The third kappa shape index (κ3) is 5.65. The van der Waals surface area contributed by atoms with Crippen molar-refractivity contribution in [3.63, 3.8) is 0 Å². The maximum Gasteiger partial charge on any atom is 0.229 e. The largest absolute Gasteiger partial charge is 0.394 e. The zero-order valence-electron chi connectivity index (χ0n) is 16.9. The first-order valence-electron chi connectivity index (χ1n) is 10.3. The quantitative estimate of drug-likeness (QED) is 0.419. The van der Waals surface area contributed by atoms with Gasteiger partial charge in [0.15, 0.2) is 0 Å². The highest BCUT2D eigenvalue weighted by molar-refractivity contribution is 6.35. The number of aromatic nitrogens is 4. The second kappa shape index (κ2) is 9.82. The number of rotatable bonds is 7. The molecule has 1 aliphatic carbocycles. The number of nitrogens with zero attached hydrogens (tertiary/aromatic N) is 4. The Balaban J connectivity index is 1.63. The van der Waals surface area contributed by atoms with E-state index in [2.05, 4.69) is 20.7 Å². The van der Waals surface area contributed by atoms with E-state index in [4.69, 9.17) is 33.9 Å². The van der Waals surface area contributed by atoms with Crippen molar-refractivity contribution in [1.29, 1.82) is 0 Å². The normalized spacial score (nSPS) is 18.7. The summed E-state index contributed by atoms with van der Waals surface area (Å²) in [5.41, 5.74) is 8.48. The summed E-state index contributed by atoms with van der Waals surface area (Å²) in [7, 11) is 0. The Morgan fingerprint density at radius 3 is 2.55 bits per heavy atom. The number of aliphatic hydroxyl groups excluding tert-OH is 1. The standard InChI is InChI=1S/C21H25Cl2N7O/c22-14-7-15(23)9-18(8-14)28-21-25-11-19(13-10-26-30(12-13)5-6-31)20(29-21)27-17-3-1-16(24)2-4-17/h7-12,16-17,31H,1-6,24H2,(H2,25,27,28,29)/t16-,17-. The predicted octanol–water partition coefficient (Wildman–Crippen LogP) is 4.06. The van der Waals surface area contributed by atoms with Gasteiger partial charge in [0, 0.05) is 51.3 Å². The minimum Gasteiger partial charge on any atom is -0.394 e. The molecule has 1 fully saturated rings. The van der Waals surface area contributed by atoms with Gasteiger partial charge in [-0.3, -0.25) is 4.68 Å². The summed E-state index contributed by atoms with van der Waals surface area (Å²) in [5, 5.41) is 21.3. The number of aliphatic hydroxyl groups is 1. The first kappa shape index (κ1) is 21.8. The fraction of sp³-hybridized carbons (Fsp3) is 0.381. The van der Waals surface area contributed by atoms with Crippen molar-refractivity contribution in [2.75, 3.05) is 17.2 Å². The number of hydrogen-bond acceptors (Lipinski definition) is 7. The van der Waals surface area contributed by atoms with E-state index in [1.165, 1.54) is 0 Å². The number of halogens is 2. The first-order valence-corrected chi connectivity index (χ1v) is 11.0. The third-order valence-electron chi connectivity index (χ3n) is 5.29. The van der Waals surface area contributed by atoms with Crippen molar-refractivity contribution >= 4 is 40.7 Å². The molecule has 164 valence electrons. The van der Waals surface area contributed by atoms with Crippen LogP contribution in [-0.2, 0) is 6.54 Å². The maximum absolute atomic E-state index is 9.17. The van der Waals surface area contributed by atoms with Crippen LogP contribution in [0.4, 0.5) is 17.5 Å². The van der Waals surface area contributed by atoms with E-state index in [1.54, 1.807) is 35.3 Å². The molecule has 0 unspecified atom stereocenters.